The van der Waals surface area contributed by atoms with E-state index in [2.05, 4.69) is 0 Å². The van der Waals surface area contributed by atoms with Gasteiger partial charge in [0.2, 0.25) is 0 Å². The topological polar surface area (TPSA) is 92.9 Å². The van der Waals surface area contributed by atoms with E-state index in [1.54, 1.807) is 27.7 Å². The van der Waals surface area contributed by atoms with Gasteiger partial charge in [-0.15, -0.1) is 0 Å². The molecular weight excluding hydrogens is 236 g/mol. The van der Waals surface area contributed by atoms with Crippen LogP contribution >= 0.6 is 0 Å². The van der Waals surface area contributed by atoms with E-state index in [-0.39, 0.29) is 13.0 Å². The van der Waals surface area contributed by atoms with Gasteiger partial charge in [0, 0.05) is 13.1 Å². The van der Waals surface area contributed by atoms with Gasteiger partial charge in [-0.1, -0.05) is 0 Å². The number of nitrogens with two attached hydrogens (primary N) is 1. The molecule has 0 spiro atoms. The van der Waals surface area contributed by atoms with Crippen molar-refractivity contribution in [1.82, 2.24) is 4.90 Å². The van der Waals surface area contributed by atoms with Crippen molar-refractivity contribution in [1.29, 1.82) is 0 Å². The molecular formula is C12H24N2O4. The fraction of sp³-hybridized carbons (Fsp3) is 0.833. The van der Waals surface area contributed by atoms with Gasteiger partial charge in [-0.3, -0.25) is 4.79 Å². The van der Waals surface area contributed by atoms with E-state index in [0.29, 0.717) is 6.54 Å². The van der Waals surface area contributed by atoms with E-state index in [1.165, 1.54) is 11.8 Å². The van der Waals surface area contributed by atoms with Crippen LogP contribution in [0.15, 0.2) is 0 Å². The van der Waals surface area contributed by atoms with Crippen molar-refractivity contribution in [3.05, 3.63) is 0 Å². The maximum Gasteiger partial charge on any atom is 0.410 e. The zero-order valence-corrected chi connectivity index (χ0v) is 11.8. The molecule has 0 fully saturated rings. The number of carboxylic acids is 1. The standard InChI is InChI=1S/C12H24N2O4/c1-6-14(10(17)18-11(2,3)4)8-7-12(5,13)9(15)16/h6-8,13H2,1-5H3,(H,15,16). The molecule has 0 aromatic carbocycles. The summed E-state index contributed by atoms with van der Waals surface area (Å²) >= 11 is 0. The summed E-state index contributed by atoms with van der Waals surface area (Å²) in [4.78, 5) is 24.1. The van der Waals surface area contributed by atoms with E-state index < -0.39 is 23.2 Å². The third-order valence-electron chi connectivity index (χ3n) is 2.42. The number of hydrogen-bond acceptors (Lipinski definition) is 4. The molecule has 6 heteroatoms. The Labute approximate surface area is 108 Å². The van der Waals surface area contributed by atoms with Crippen LogP contribution in [-0.4, -0.2) is 46.3 Å². The molecule has 0 aromatic rings. The van der Waals surface area contributed by atoms with Crippen LogP contribution in [0.3, 0.4) is 0 Å². The molecule has 106 valence electrons. The molecule has 0 saturated carbocycles. The Morgan fingerprint density at radius 2 is 1.78 bits per heavy atom. The van der Waals surface area contributed by atoms with Gasteiger partial charge in [-0.05, 0) is 41.0 Å². The number of carbonyl (C=O) groups is 2. The number of nitrogens with zero attached hydrogens (tertiary/aromatic N) is 1. The highest BCUT2D eigenvalue weighted by Crippen LogP contribution is 2.12. The van der Waals surface area contributed by atoms with Gasteiger partial charge in [0.1, 0.15) is 11.1 Å². The minimum atomic E-state index is -1.34. The maximum atomic E-state index is 11.8. The molecule has 3 N–H and O–H groups in total. The van der Waals surface area contributed by atoms with Gasteiger partial charge in [0.15, 0.2) is 0 Å². The molecule has 6 nitrogen and oxygen atoms in total. The number of aliphatic carboxylic acids is 1. The van der Waals surface area contributed by atoms with Crippen molar-refractivity contribution in [2.24, 2.45) is 5.73 Å². The Hall–Kier alpha value is -1.30. The second kappa shape index (κ2) is 6.04. The normalized spacial score (nSPS) is 14.8. The van der Waals surface area contributed by atoms with Crippen molar-refractivity contribution in [2.75, 3.05) is 13.1 Å². The summed E-state index contributed by atoms with van der Waals surface area (Å²) < 4.78 is 5.22. The van der Waals surface area contributed by atoms with Crippen molar-refractivity contribution in [2.45, 2.75) is 52.2 Å². The van der Waals surface area contributed by atoms with E-state index in [9.17, 15) is 9.59 Å². The number of rotatable bonds is 5. The third kappa shape index (κ3) is 5.86. The zero-order valence-electron chi connectivity index (χ0n) is 11.8. The first-order chi connectivity index (χ1) is 7.99. The Morgan fingerprint density at radius 1 is 1.28 bits per heavy atom. The van der Waals surface area contributed by atoms with Crippen LogP contribution in [-0.2, 0) is 9.53 Å². The molecule has 0 bridgehead atoms. The molecule has 0 rings (SSSR count). The average Bonchev–Trinajstić information content (AvgIpc) is 2.15. The van der Waals surface area contributed by atoms with Crippen LogP contribution in [0.4, 0.5) is 4.79 Å². The fourth-order valence-electron chi connectivity index (χ4n) is 1.18. The van der Waals surface area contributed by atoms with Crippen LogP contribution in [0.2, 0.25) is 0 Å². The number of ether oxygens (including phenoxy) is 1. The number of amides is 1. The molecule has 1 unspecified atom stereocenters. The van der Waals surface area contributed by atoms with Crippen LogP contribution in [0.1, 0.15) is 41.0 Å². The molecule has 0 saturated heterocycles. The molecule has 0 aliphatic heterocycles. The van der Waals surface area contributed by atoms with Crippen LogP contribution in [0.5, 0.6) is 0 Å². The number of hydrogen-bond donors (Lipinski definition) is 2. The predicted molar refractivity (Wildman–Crippen MR) is 68.3 cm³/mol. The first-order valence-corrected chi connectivity index (χ1v) is 6.00. The van der Waals surface area contributed by atoms with Gasteiger partial charge >= 0.3 is 12.1 Å². The molecule has 0 aliphatic rings. The lowest BCUT2D eigenvalue weighted by Gasteiger charge is -2.28. The quantitative estimate of drug-likeness (QED) is 0.780. The smallest absolute Gasteiger partial charge is 0.410 e. The largest absolute Gasteiger partial charge is 0.480 e. The third-order valence-corrected chi connectivity index (χ3v) is 2.42. The predicted octanol–water partition coefficient (Wildman–Crippen LogP) is 1.44. The summed E-state index contributed by atoms with van der Waals surface area (Å²) in [7, 11) is 0. The van der Waals surface area contributed by atoms with Crippen molar-refractivity contribution in [3.63, 3.8) is 0 Å². The maximum absolute atomic E-state index is 11.8. The number of carboxylic acid groups (broad SMARTS) is 1. The van der Waals surface area contributed by atoms with E-state index in [4.69, 9.17) is 15.6 Å². The zero-order chi connectivity index (χ0) is 14.6. The lowest BCUT2D eigenvalue weighted by atomic mass is 9.99. The summed E-state index contributed by atoms with van der Waals surface area (Å²) in [6.07, 6.45) is -0.277. The second-order valence-electron chi connectivity index (χ2n) is 5.53. The lowest BCUT2D eigenvalue weighted by molar-refractivity contribution is -0.143. The summed E-state index contributed by atoms with van der Waals surface area (Å²) in [5.74, 6) is -1.08. The lowest BCUT2D eigenvalue weighted by Crippen LogP contribution is -2.48. The van der Waals surface area contributed by atoms with E-state index in [0.717, 1.165) is 0 Å². The van der Waals surface area contributed by atoms with Gasteiger partial charge in [-0.25, -0.2) is 4.79 Å². The fourth-order valence-corrected chi connectivity index (χ4v) is 1.18. The highest BCUT2D eigenvalue weighted by atomic mass is 16.6. The molecule has 0 aliphatic carbocycles. The average molecular weight is 260 g/mol. The van der Waals surface area contributed by atoms with Gasteiger partial charge < -0.3 is 20.5 Å². The molecule has 1 amide bonds. The Bertz CT molecular complexity index is 308. The minimum Gasteiger partial charge on any atom is -0.480 e. The van der Waals surface area contributed by atoms with Crippen LogP contribution in [0, 0.1) is 0 Å². The SMILES string of the molecule is CCN(CCC(C)(N)C(=O)O)C(=O)OC(C)(C)C. The first kappa shape index (κ1) is 16.7. The highest BCUT2D eigenvalue weighted by molar-refractivity contribution is 5.78. The molecule has 0 radical (unpaired) electrons. The number of carbonyl (C=O) groups excluding carboxylic acids is 1. The van der Waals surface area contributed by atoms with Gasteiger partial charge in [0.25, 0.3) is 0 Å². The van der Waals surface area contributed by atoms with Gasteiger partial charge in [0.05, 0.1) is 0 Å². The van der Waals surface area contributed by atoms with Crippen LogP contribution in [0.25, 0.3) is 0 Å². The van der Waals surface area contributed by atoms with Crippen molar-refractivity contribution < 1.29 is 19.4 Å². The van der Waals surface area contributed by atoms with E-state index in [1.807, 2.05) is 0 Å². The molecule has 0 heterocycles. The summed E-state index contributed by atoms with van der Waals surface area (Å²) in [6.45, 7) is 9.28. The second-order valence-corrected chi connectivity index (χ2v) is 5.53. The molecule has 0 aromatic heterocycles. The van der Waals surface area contributed by atoms with Gasteiger partial charge in [-0.2, -0.15) is 0 Å². The Morgan fingerprint density at radius 3 is 2.11 bits per heavy atom. The summed E-state index contributed by atoms with van der Waals surface area (Å²) in [5.41, 5.74) is 3.71. The molecule has 18 heavy (non-hydrogen) atoms. The van der Waals surface area contributed by atoms with E-state index >= 15 is 0 Å². The summed E-state index contributed by atoms with van der Waals surface area (Å²) in [5, 5.41) is 8.89. The minimum absolute atomic E-state index is 0.176. The Kier molecular flexibility index (Phi) is 5.60. The Balaban J connectivity index is 4.45. The van der Waals surface area contributed by atoms with Crippen molar-refractivity contribution in [3.8, 4) is 0 Å². The monoisotopic (exact) mass is 260 g/mol. The summed E-state index contributed by atoms with van der Waals surface area (Å²) in [6, 6.07) is 0. The first-order valence-electron chi connectivity index (χ1n) is 6.00. The van der Waals surface area contributed by atoms with Crippen LogP contribution < -0.4 is 5.73 Å². The molecule has 1 atom stereocenters. The highest BCUT2D eigenvalue weighted by Gasteiger charge is 2.30. The van der Waals surface area contributed by atoms with Crippen molar-refractivity contribution >= 4 is 12.1 Å².